The monoisotopic (exact) mass is 364 g/mol. The molecule has 0 saturated carbocycles. The van der Waals surface area contributed by atoms with Crippen molar-refractivity contribution in [3.8, 4) is 5.75 Å². The molecule has 4 rings (SSSR count). The van der Waals surface area contributed by atoms with Crippen LogP contribution in [0.5, 0.6) is 5.75 Å². The topological polar surface area (TPSA) is 42.0 Å². The molecule has 6 heteroatoms. The molecule has 0 aliphatic carbocycles. The maximum atomic E-state index is 12.0. The third-order valence-electron chi connectivity index (χ3n) is 5.90. The van der Waals surface area contributed by atoms with E-state index in [-0.39, 0.29) is 17.0 Å². The molecule has 136 valence electrons. The molecule has 5 nitrogen and oxygen atoms in total. The molecule has 3 aliphatic rings. The van der Waals surface area contributed by atoms with Gasteiger partial charge in [-0.05, 0) is 18.6 Å². The highest BCUT2D eigenvalue weighted by Gasteiger charge is 2.49. The number of ether oxygens (including phenoxy) is 2. The minimum Gasteiger partial charge on any atom is -0.492 e. The zero-order valence-electron chi connectivity index (χ0n) is 15.1. The summed E-state index contributed by atoms with van der Waals surface area (Å²) in [6.45, 7) is 10.8. The van der Waals surface area contributed by atoms with E-state index >= 15 is 0 Å². The van der Waals surface area contributed by atoms with Crippen LogP contribution in [0.1, 0.15) is 38.3 Å². The predicted octanol–water partition coefficient (Wildman–Crippen LogP) is 3.43. The van der Waals surface area contributed by atoms with Crippen molar-refractivity contribution in [2.45, 2.75) is 44.7 Å². The van der Waals surface area contributed by atoms with Gasteiger partial charge in [0.1, 0.15) is 12.4 Å². The molecule has 2 fully saturated rings. The van der Waals surface area contributed by atoms with Gasteiger partial charge in [0.05, 0.1) is 12.1 Å². The van der Waals surface area contributed by atoms with E-state index in [1.165, 1.54) is 5.56 Å². The Morgan fingerprint density at radius 2 is 2.00 bits per heavy atom. The van der Waals surface area contributed by atoms with Crippen LogP contribution in [0, 0.1) is 0 Å². The number of benzene rings is 1. The van der Waals surface area contributed by atoms with Crippen molar-refractivity contribution < 1.29 is 14.3 Å². The van der Waals surface area contributed by atoms with Gasteiger partial charge < -0.3 is 9.47 Å². The van der Waals surface area contributed by atoms with Crippen molar-refractivity contribution in [1.82, 2.24) is 9.80 Å². The summed E-state index contributed by atoms with van der Waals surface area (Å²) in [5.41, 5.74) is 2.12. The Labute approximate surface area is 153 Å². The van der Waals surface area contributed by atoms with Gasteiger partial charge in [0.15, 0.2) is 0 Å². The van der Waals surface area contributed by atoms with E-state index in [0.29, 0.717) is 19.8 Å². The van der Waals surface area contributed by atoms with Crippen LogP contribution in [-0.4, -0.2) is 54.3 Å². The molecule has 2 saturated heterocycles. The number of carbonyl (C=O) groups excluding carboxylic acids is 1. The Kier molecular flexibility index (Phi) is 3.92. The molecule has 25 heavy (non-hydrogen) atoms. The smallest absolute Gasteiger partial charge is 0.410 e. The molecule has 3 heterocycles. The summed E-state index contributed by atoms with van der Waals surface area (Å²) in [5.74, 6) is 0.987. The van der Waals surface area contributed by atoms with Gasteiger partial charge >= 0.3 is 6.09 Å². The third-order valence-corrected chi connectivity index (χ3v) is 6.12. The normalized spacial score (nSPS) is 27.7. The number of piperazine rings is 1. The van der Waals surface area contributed by atoms with Crippen molar-refractivity contribution in [2.24, 2.45) is 0 Å². The highest BCUT2D eigenvalue weighted by molar-refractivity contribution is 6.30. The summed E-state index contributed by atoms with van der Waals surface area (Å²) >= 11 is 6.39. The summed E-state index contributed by atoms with van der Waals surface area (Å²) in [6, 6.07) is 4.05. The molecule has 1 unspecified atom stereocenters. The van der Waals surface area contributed by atoms with Gasteiger partial charge in [0, 0.05) is 47.7 Å². The minimum absolute atomic E-state index is 0.00989. The average molecular weight is 365 g/mol. The largest absolute Gasteiger partial charge is 0.492 e. The first-order valence-corrected chi connectivity index (χ1v) is 9.35. The van der Waals surface area contributed by atoms with Crippen LogP contribution in [-0.2, 0) is 16.7 Å². The number of cyclic esters (lactones) is 1. The van der Waals surface area contributed by atoms with Crippen molar-refractivity contribution in [3.05, 3.63) is 28.3 Å². The molecule has 0 N–H and O–H groups in total. The van der Waals surface area contributed by atoms with E-state index in [4.69, 9.17) is 21.1 Å². The highest BCUT2D eigenvalue weighted by Crippen LogP contribution is 2.43. The second-order valence-electron chi connectivity index (χ2n) is 8.11. The number of halogens is 1. The first-order chi connectivity index (χ1) is 11.8. The molecular weight excluding hydrogens is 340 g/mol. The first-order valence-electron chi connectivity index (χ1n) is 8.97. The number of rotatable bonds is 3. The molecule has 1 amide bonds. The Morgan fingerprint density at radius 1 is 1.20 bits per heavy atom. The van der Waals surface area contributed by atoms with Gasteiger partial charge in [-0.3, -0.25) is 9.80 Å². The lowest BCUT2D eigenvalue weighted by molar-refractivity contribution is 0.0445. The van der Waals surface area contributed by atoms with Crippen LogP contribution in [0.15, 0.2) is 12.1 Å². The van der Waals surface area contributed by atoms with E-state index in [0.717, 1.165) is 42.4 Å². The first kappa shape index (κ1) is 17.0. The zero-order chi connectivity index (χ0) is 17.8. The molecule has 3 aliphatic heterocycles. The van der Waals surface area contributed by atoms with Gasteiger partial charge in [0.2, 0.25) is 0 Å². The lowest BCUT2D eigenvalue weighted by atomic mass is 9.86. The van der Waals surface area contributed by atoms with Crippen LogP contribution in [0.25, 0.3) is 0 Å². The fourth-order valence-electron chi connectivity index (χ4n) is 4.29. The summed E-state index contributed by atoms with van der Waals surface area (Å²) in [7, 11) is 0. The number of hydrogen-bond acceptors (Lipinski definition) is 4. The van der Waals surface area contributed by atoms with Crippen molar-refractivity contribution in [1.29, 1.82) is 0 Å². The maximum absolute atomic E-state index is 12.0. The Bertz CT molecular complexity index is 721. The Balaban J connectivity index is 1.59. The number of amides is 1. The molecule has 0 spiro atoms. The highest BCUT2D eigenvalue weighted by atomic mass is 35.5. The van der Waals surface area contributed by atoms with E-state index < -0.39 is 0 Å². The Hall–Kier alpha value is -1.46. The van der Waals surface area contributed by atoms with Gasteiger partial charge in [-0.25, -0.2) is 4.79 Å². The number of hydrogen-bond donors (Lipinski definition) is 0. The van der Waals surface area contributed by atoms with Gasteiger partial charge in [-0.2, -0.15) is 0 Å². The van der Waals surface area contributed by atoms with E-state index in [9.17, 15) is 4.79 Å². The zero-order valence-corrected chi connectivity index (χ0v) is 15.9. The number of nitrogens with zero attached hydrogens (tertiary/aromatic N) is 2. The van der Waals surface area contributed by atoms with E-state index in [1.54, 1.807) is 0 Å². The van der Waals surface area contributed by atoms with Crippen LogP contribution in [0.3, 0.4) is 0 Å². The molecule has 0 aromatic heterocycles. The molecule has 0 radical (unpaired) electrons. The quantitative estimate of drug-likeness (QED) is 0.824. The fourth-order valence-corrected chi connectivity index (χ4v) is 4.53. The molecular formula is C19H25ClN2O3. The van der Waals surface area contributed by atoms with Crippen molar-refractivity contribution in [3.63, 3.8) is 0 Å². The molecule has 0 bridgehead atoms. The second-order valence-corrected chi connectivity index (χ2v) is 8.55. The lowest BCUT2D eigenvalue weighted by Crippen LogP contribution is -2.60. The van der Waals surface area contributed by atoms with Crippen molar-refractivity contribution >= 4 is 17.7 Å². The van der Waals surface area contributed by atoms with E-state index in [2.05, 4.69) is 25.7 Å². The minimum atomic E-state index is -0.197. The summed E-state index contributed by atoms with van der Waals surface area (Å²) in [6.07, 6.45) is 0.724. The number of carbonyl (C=O) groups is 1. The summed E-state index contributed by atoms with van der Waals surface area (Å²) < 4.78 is 11.3. The van der Waals surface area contributed by atoms with Crippen LogP contribution < -0.4 is 4.74 Å². The van der Waals surface area contributed by atoms with Gasteiger partial charge in [-0.1, -0.05) is 32.4 Å². The standard InChI is InChI=1S/C19H25ClN2O3/c1-4-19-10-21(5-6-22(19)17(23)25-12-19)9-13-7-14(20)8-15-16(13)24-11-18(15,2)3/h7-8H,4-6,9-12H2,1-3H3. The van der Waals surface area contributed by atoms with E-state index in [1.807, 2.05) is 17.0 Å². The van der Waals surface area contributed by atoms with Crippen LogP contribution in [0.4, 0.5) is 4.79 Å². The summed E-state index contributed by atoms with van der Waals surface area (Å²) in [5, 5.41) is 0.760. The number of fused-ring (bicyclic) bond motifs is 2. The molecule has 1 aromatic carbocycles. The summed E-state index contributed by atoms with van der Waals surface area (Å²) in [4.78, 5) is 16.3. The average Bonchev–Trinajstić information content (AvgIpc) is 3.06. The predicted molar refractivity (Wildman–Crippen MR) is 96.3 cm³/mol. The SMILES string of the molecule is CCC12COC(=O)N1CCN(Cc1cc(Cl)cc3c1OCC3(C)C)C2. The third kappa shape index (κ3) is 2.68. The van der Waals surface area contributed by atoms with Gasteiger partial charge in [0.25, 0.3) is 0 Å². The fraction of sp³-hybridized carbons (Fsp3) is 0.632. The lowest BCUT2D eigenvalue weighted by Gasteiger charge is -2.44. The Morgan fingerprint density at radius 3 is 2.76 bits per heavy atom. The molecule has 1 atom stereocenters. The van der Waals surface area contributed by atoms with Gasteiger partial charge in [-0.15, -0.1) is 0 Å². The van der Waals surface area contributed by atoms with Crippen LogP contribution >= 0.6 is 11.6 Å². The second kappa shape index (κ2) is 5.78. The van der Waals surface area contributed by atoms with Crippen molar-refractivity contribution in [2.75, 3.05) is 32.8 Å². The maximum Gasteiger partial charge on any atom is 0.410 e. The molecule has 1 aromatic rings. The van der Waals surface area contributed by atoms with Crippen LogP contribution in [0.2, 0.25) is 5.02 Å².